The Labute approximate surface area is 133 Å². The van der Waals surface area contributed by atoms with Crippen molar-refractivity contribution in [3.05, 3.63) is 29.8 Å². The second-order valence-electron chi connectivity index (χ2n) is 5.49. The summed E-state index contributed by atoms with van der Waals surface area (Å²) in [6, 6.07) is 6.87. The maximum Gasteiger partial charge on any atom is 0.251 e. The highest BCUT2D eigenvalue weighted by Gasteiger charge is 2.29. The predicted octanol–water partition coefficient (Wildman–Crippen LogP) is 0.228. The van der Waals surface area contributed by atoms with Crippen molar-refractivity contribution in [3.63, 3.8) is 0 Å². The molecule has 1 aromatic heterocycles. The first kappa shape index (κ1) is 15.1. The van der Waals surface area contributed by atoms with Crippen molar-refractivity contribution < 1.29 is 9.59 Å². The maximum absolute atomic E-state index is 12.3. The lowest BCUT2D eigenvalue weighted by Crippen LogP contribution is -2.37. The average molecular weight is 314 g/mol. The van der Waals surface area contributed by atoms with Gasteiger partial charge in [0.15, 0.2) is 0 Å². The third-order valence-electron chi connectivity index (χ3n) is 3.85. The zero-order chi connectivity index (χ0) is 16.4. The fourth-order valence-electron chi connectivity index (χ4n) is 2.61. The molecule has 120 valence electrons. The van der Waals surface area contributed by atoms with Crippen LogP contribution in [0.1, 0.15) is 23.7 Å². The zero-order valence-corrected chi connectivity index (χ0v) is 13.1. The van der Waals surface area contributed by atoms with E-state index in [4.69, 9.17) is 0 Å². The molecule has 0 radical (unpaired) electrons. The lowest BCUT2D eigenvalue weighted by molar-refractivity contribution is -0.127. The van der Waals surface area contributed by atoms with Gasteiger partial charge in [0.2, 0.25) is 11.7 Å². The van der Waals surface area contributed by atoms with Gasteiger partial charge in [0, 0.05) is 30.6 Å². The first-order valence-corrected chi connectivity index (χ1v) is 7.50. The van der Waals surface area contributed by atoms with Crippen LogP contribution in [0.25, 0.3) is 11.4 Å². The van der Waals surface area contributed by atoms with E-state index in [-0.39, 0.29) is 17.9 Å². The van der Waals surface area contributed by atoms with E-state index in [1.807, 2.05) is 6.92 Å². The number of hydrogen-bond acceptors (Lipinski definition) is 5. The number of carbonyl (C=O) groups excluding carboxylic acids is 2. The molecule has 2 aromatic rings. The Morgan fingerprint density at radius 3 is 2.65 bits per heavy atom. The van der Waals surface area contributed by atoms with Gasteiger partial charge in [0.25, 0.3) is 5.91 Å². The van der Waals surface area contributed by atoms with Crippen molar-refractivity contribution in [2.45, 2.75) is 19.4 Å². The number of aromatic nitrogens is 4. The fraction of sp³-hybridized carbons (Fsp3) is 0.400. The molecule has 1 saturated heterocycles. The Bertz CT molecular complexity index is 724. The van der Waals surface area contributed by atoms with Gasteiger partial charge < -0.3 is 10.2 Å². The Morgan fingerprint density at radius 1 is 1.35 bits per heavy atom. The average Bonchev–Trinajstić information content (AvgIpc) is 3.13. The highest BCUT2D eigenvalue weighted by atomic mass is 16.2. The van der Waals surface area contributed by atoms with Crippen molar-refractivity contribution in [3.8, 4) is 11.4 Å². The Kier molecular flexibility index (Phi) is 4.05. The molecule has 2 heterocycles. The van der Waals surface area contributed by atoms with E-state index < -0.39 is 0 Å². The molecule has 3 rings (SSSR count). The smallest absolute Gasteiger partial charge is 0.251 e. The van der Waals surface area contributed by atoms with Crippen LogP contribution in [0, 0.1) is 0 Å². The second kappa shape index (κ2) is 6.15. The molecule has 0 saturated carbocycles. The molecule has 23 heavy (non-hydrogen) atoms. The molecule has 1 atom stereocenters. The number of amides is 2. The highest BCUT2D eigenvalue weighted by Crippen LogP contribution is 2.15. The van der Waals surface area contributed by atoms with E-state index in [2.05, 4.69) is 20.7 Å². The number of aryl methyl sites for hydroxylation is 1. The van der Waals surface area contributed by atoms with Gasteiger partial charge in [-0.05, 0) is 24.3 Å². The Balaban J connectivity index is 1.65. The van der Waals surface area contributed by atoms with Crippen molar-refractivity contribution in [1.82, 2.24) is 30.4 Å². The summed E-state index contributed by atoms with van der Waals surface area (Å²) in [7, 11) is 1.70. The number of tetrazole rings is 1. The van der Waals surface area contributed by atoms with E-state index in [1.54, 1.807) is 36.2 Å². The van der Waals surface area contributed by atoms with Gasteiger partial charge in [-0.15, -0.1) is 10.2 Å². The van der Waals surface area contributed by atoms with Gasteiger partial charge in [-0.1, -0.05) is 12.1 Å². The highest BCUT2D eigenvalue weighted by molar-refractivity contribution is 5.95. The second-order valence-corrected chi connectivity index (χ2v) is 5.49. The molecule has 2 amide bonds. The SMILES string of the molecule is CCN1C[C@H](NC(=O)c2ccc(-c3nnn(C)n3)cc2)CC1=O. The third kappa shape index (κ3) is 3.20. The lowest BCUT2D eigenvalue weighted by atomic mass is 10.1. The minimum absolute atomic E-state index is 0.0851. The maximum atomic E-state index is 12.3. The van der Waals surface area contributed by atoms with E-state index in [1.165, 1.54) is 4.80 Å². The van der Waals surface area contributed by atoms with Gasteiger partial charge in [-0.3, -0.25) is 9.59 Å². The molecule has 0 bridgehead atoms. The summed E-state index contributed by atoms with van der Waals surface area (Å²) in [5, 5.41) is 14.7. The summed E-state index contributed by atoms with van der Waals surface area (Å²) in [6.45, 7) is 3.18. The molecule has 1 aliphatic heterocycles. The van der Waals surface area contributed by atoms with Crippen molar-refractivity contribution >= 4 is 11.8 Å². The van der Waals surface area contributed by atoms with E-state index in [9.17, 15) is 9.59 Å². The standard InChI is InChI=1S/C15H18N6O2/c1-3-21-9-12(8-13(21)22)16-15(23)11-6-4-10(5-7-11)14-17-19-20(2)18-14/h4-7,12H,3,8-9H2,1-2H3,(H,16,23)/t12-/m1/s1. The first-order valence-electron chi connectivity index (χ1n) is 7.50. The number of hydrogen-bond donors (Lipinski definition) is 1. The van der Waals surface area contributed by atoms with Crippen LogP contribution in [0.3, 0.4) is 0 Å². The van der Waals surface area contributed by atoms with Crippen LogP contribution in [0.5, 0.6) is 0 Å². The van der Waals surface area contributed by atoms with Crippen molar-refractivity contribution in [1.29, 1.82) is 0 Å². The number of nitrogens with one attached hydrogen (secondary N) is 1. The van der Waals surface area contributed by atoms with Crippen LogP contribution in [0.15, 0.2) is 24.3 Å². The van der Waals surface area contributed by atoms with Crippen molar-refractivity contribution in [2.24, 2.45) is 7.05 Å². The van der Waals surface area contributed by atoms with Crippen LogP contribution in [-0.2, 0) is 11.8 Å². The van der Waals surface area contributed by atoms with Gasteiger partial charge in [0.1, 0.15) is 0 Å². The van der Waals surface area contributed by atoms with Crippen LogP contribution in [-0.4, -0.2) is 56.1 Å². The van der Waals surface area contributed by atoms with Gasteiger partial charge in [-0.2, -0.15) is 4.80 Å². The molecule has 1 aliphatic rings. The predicted molar refractivity (Wildman–Crippen MR) is 82.4 cm³/mol. The molecular weight excluding hydrogens is 296 g/mol. The molecule has 1 fully saturated rings. The Morgan fingerprint density at radius 2 is 2.09 bits per heavy atom. The quantitative estimate of drug-likeness (QED) is 0.872. The fourth-order valence-corrected chi connectivity index (χ4v) is 2.61. The molecule has 1 aromatic carbocycles. The van der Waals surface area contributed by atoms with Crippen LogP contribution in [0.4, 0.5) is 0 Å². The molecule has 1 N–H and O–H groups in total. The number of likely N-dealkylation sites (N-methyl/N-ethyl adjacent to an activating group) is 1. The number of likely N-dealkylation sites (tertiary alicyclic amines) is 1. The first-order chi connectivity index (χ1) is 11.1. The number of nitrogens with zero attached hydrogens (tertiary/aromatic N) is 5. The molecule has 0 spiro atoms. The summed E-state index contributed by atoms with van der Waals surface area (Å²) in [4.78, 5) is 27.1. The van der Waals surface area contributed by atoms with Crippen LogP contribution < -0.4 is 5.32 Å². The monoisotopic (exact) mass is 314 g/mol. The summed E-state index contributed by atoms with van der Waals surface area (Å²) in [5.74, 6) is 0.417. The largest absolute Gasteiger partial charge is 0.347 e. The third-order valence-corrected chi connectivity index (χ3v) is 3.85. The van der Waals surface area contributed by atoms with E-state index in [0.29, 0.717) is 30.9 Å². The summed E-state index contributed by atoms with van der Waals surface area (Å²) < 4.78 is 0. The Hall–Kier alpha value is -2.77. The number of benzene rings is 1. The molecule has 0 unspecified atom stereocenters. The topological polar surface area (TPSA) is 93.0 Å². The van der Waals surface area contributed by atoms with Crippen LogP contribution in [0.2, 0.25) is 0 Å². The summed E-state index contributed by atoms with van der Waals surface area (Å²) in [6.07, 6.45) is 0.362. The summed E-state index contributed by atoms with van der Waals surface area (Å²) >= 11 is 0. The van der Waals surface area contributed by atoms with Gasteiger partial charge in [0.05, 0.1) is 13.1 Å². The van der Waals surface area contributed by atoms with E-state index in [0.717, 1.165) is 5.56 Å². The van der Waals surface area contributed by atoms with Crippen molar-refractivity contribution in [2.75, 3.05) is 13.1 Å². The van der Waals surface area contributed by atoms with Gasteiger partial charge in [-0.25, -0.2) is 0 Å². The molecule has 8 heteroatoms. The van der Waals surface area contributed by atoms with Gasteiger partial charge >= 0.3 is 0 Å². The number of carbonyl (C=O) groups is 2. The molecule has 8 nitrogen and oxygen atoms in total. The van der Waals surface area contributed by atoms with E-state index >= 15 is 0 Å². The van der Waals surface area contributed by atoms with Crippen LogP contribution >= 0.6 is 0 Å². The number of rotatable bonds is 4. The zero-order valence-electron chi connectivity index (χ0n) is 13.1. The summed E-state index contributed by atoms with van der Waals surface area (Å²) in [5.41, 5.74) is 1.34. The molecule has 0 aliphatic carbocycles. The lowest BCUT2D eigenvalue weighted by Gasteiger charge is -2.14. The minimum Gasteiger partial charge on any atom is -0.347 e. The normalized spacial score (nSPS) is 17.6. The molecular formula is C15H18N6O2. The minimum atomic E-state index is -0.181.